The maximum absolute atomic E-state index is 13.5. The van der Waals surface area contributed by atoms with Gasteiger partial charge in [-0.1, -0.05) is 0 Å². The highest BCUT2D eigenvalue weighted by molar-refractivity contribution is 5.93. The molecule has 0 radical (unpaired) electrons. The number of quaternary nitrogens is 1. The highest BCUT2D eigenvalue weighted by Gasteiger charge is 2.27. The molecule has 5 nitrogen and oxygen atoms in total. The Bertz CT molecular complexity index is 876. The van der Waals surface area contributed by atoms with E-state index >= 15 is 0 Å². The van der Waals surface area contributed by atoms with Crippen molar-refractivity contribution < 1.29 is 40.8 Å². The van der Waals surface area contributed by atoms with Crippen LogP contribution in [-0.2, 0) is 9.59 Å². The maximum Gasteiger partial charge on any atom is 0.279 e. The fraction of sp³-hybridized carbons (Fsp3) is 0.176. The zero-order chi connectivity index (χ0) is 21.0. The standard InChI is InChI=1S/C17H13F6N3O2/c1-26(6-10(27)24-9-4-2-8(18)3-5-9)7-11(28)25-17-15(22)13(20)12(19)14(21)16(17)23/h2-5H,6-7H2,1H3,(H,24,27)(H,25,28)/p+1. The van der Waals surface area contributed by atoms with Gasteiger partial charge in [-0.2, -0.15) is 0 Å². The van der Waals surface area contributed by atoms with E-state index in [4.69, 9.17) is 0 Å². The van der Waals surface area contributed by atoms with Gasteiger partial charge < -0.3 is 15.5 Å². The average molecular weight is 406 g/mol. The van der Waals surface area contributed by atoms with E-state index in [-0.39, 0.29) is 11.4 Å². The second-order valence-corrected chi connectivity index (χ2v) is 5.86. The summed E-state index contributed by atoms with van der Waals surface area (Å²) in [6, 6.07) is 4.89. The van der Waals surface area contributed by atoms with E-state index in [1.807, 2.05) is 0 Å². The third kappa shape index (κ3) is 5.00. The van der Waals surface area contributed by atoms with Crippen molar-refractivity contribution in [1.29, 1.82) is 0 Å². The largest absolute Gasteiger partial charge is 0.322 e. The molecule has 0 spiro atoms. The van der Waals surface area contributed by atoms with Gasteiger partial charge in [0.1, 0.15) is 11.5 Å². The number of likely N-dealkylation sites (N-methyl/N-ethyl adjacent to an activating group) is 1. The van der Waals surface area contributed by atoms with Crippen molar-refractivity contribution in [3.8, 4) is 0 Å². The number of rotatable bonds is 6. The molecule has 2 rings (SSSR count). The van der Waals surface area contributed by atoms with Crippen LogP contribution in [0.2, 0.25) is 0 Å². The number of hydrogen-bond acceptors (Lipinski definition) is 2. The lowest BCUT2D eigenvalue weighted by molar-refractivity contribution is -0.862. The minimum Gasteiger partial charge on any atom is -0.322 e. The molecular weight excluding hydrogens is 392 g/mol. The Morgan fingerprint density at radius 3 is 1.68 bits per heavy atom. The summed E-state index contributed by atoms with van der Waals surface area (Å²) >= 11 is 0. The molecule has 11 heteroatoms. The van der Waals surface area contributed by atoms with Crippen molar-refractivity contribution in [3.05, 3.63) is 59.2 Å². The van der Waals surface area contributed by atoms with Crippen molar-refractivity contribution in [2.75, 3.05) is 30.8 Å². The number of benzene rings is 2. The molecule has 0 aliphatic heterocycles. The molecule has 2 aromatic carbocycles. The zero-order valence-electron chi connectivity index (χ0n) is 14.3. The first kappa shape index (κ1) is 21.2. The van der Waals surface area contributed by atoms with Crippen LogP contribution in [0.4, 0.5) is 37.7 Å². The quantitative estimate of drug-likeness (QED) is 0.388. The number of amides is 2. The van der Waals surface area contributed by atoms with Crippen molar-refractivity contribution >= 4 is 23.2 Å². The fourth-order valence-electron chi connectivity index (χ4n) is 2.25. The van der Waals surface area contributed by atoms with Crippen LogP contribution < -0.4 is 15.5 Å². The predicted octanol–water partition coefficient (Wildman–Crippen LogP) is 1.61. The highest BCUT2D eigenvalue weighted by Crippen LogP contribution is 2.26. The van der Waals surface area contributed by atoms with Crippen LogP contribution in [0.5, 0.6) is 0 Å². The van der Waals surface area contributed by atoms with E-state index in [2.05, 4.69) is 5.32 Å². The molecule has 0 fully saturated rings. The molecule has 0 aromatic heterocycles. The van der Waals surface area contributed by atoms with Gasteiger partial charge in [-0.15, -0.1) is 0 Å². The summed E-state index contributed by atoms with van der Waals surface area (Å²) in [6.07, 6.45) is 0. The Balaban J connectivity index is 1.96. The van der Waals surface area contributed by atoms with Crippen LogP contribution in [0.1, 0.15) is 0 Å². The molecule has 0 saturated heterocycles. The molecule has 0 aliphatic carbocycles. The monoisotopic (exact) mass is 406 g/mol. The molecule has 1 atom stereocenters. The molecule has 150 valence electrons. The first-order valence-corrected chi connectivity index (χ1v) is 7.78. The van der Waals surface area contributed by atoms with E-state index in [0.717, 1.165) is 12.1 Å². The van der Waals surface area contributed by atoms with Gasteiger partial charge in [0.25, 0.3) is 11.8 Å². The number of halogens is 6. The van der Waals surface area contributed by atoms with Crippen molar-refractivity contribution in [3.63, 3.8) is 0 Å². The maximum atomic E-state index is 13.5. The third-order valence-corrected chi connectivity index (χ3v) is 3.53. The third-order valence-electron chi connectivity index (χ3n) is 3.53. The van der Waals surface area contributed by atoms with Gasteiger partial charge in [-0.3, -0.25) is 9.59 Å². The topological polar surface area (TPSA) is 62.6 Å². The highest BCUT2D eigenvalue weighted by atomic mass is 19.2. The Morgan fingerprint density at radius 2 is 1.18 bits per heavy atom. The summed E-state index contributed by atoms with van der Waals surface area (Å²) in [5.41, 5.74) is -1.16. The van der Waals surface area contributed by atoms with Gasteiger partial charge >= 0.3 is 0 Å². The van der Waals surface area contributed by atoms with Crippen LogP contribution in [0.25, 0.3) is 0 Å². The van der Waals surface area contributed by atoms with Gasteiger partial charge in [-0.25, -0.2) is 26.3 Å². The summed E-state index contributed by atoms with van der Waals surface area (Å²) in [7, 11) is 1.39. The van der Waals surface area contributed by atoms with Crippen LogP contribution in [0, 0.1) is 34.9 Å². The second kappa shape index (κ2) is 8.74. The summed E-state index contributed by atoms with van der Waals surface area (Å²) in [6.45, 7) is -0.766. The number of carbonyl (C=O) groups excluding carboxylic acids is 2. The lowest BCUT2D eigenvalue weighted by Crippen LogP contribution is -3.11. The van der Waals surface area contributed by atoms with E-state index in [1.54, 1.807) is 5.32 Å². The normalized spacial score (nSPS) is 11.8. The zero-order valence-corrected chi connectivity index (χ0v) is 14.3. The molecule has 2 amide bonds. The first-order valence-electron chi connectivity index (χ1n) is 7.78. The van der Waals surface area contributed by atoms with Crippen molar-refractivity contribution in [1.82, 2.24) is 0 Å². The minimum absolute atomic E-state index is 0.251. The van der Waals surface area contributed by atoms with Crippen LogP contribution in [0.15, 0.2) is 24.3 Å². The first-order chi connectivity index (χ1) is 13.1. The van der Waals surface area contributed by atoms with Gasteiger partial charge in [0.05, 0.1) is 7.05 Å². The second-order valence-electron chi connectivity index (χ2n) is 5.86. The summed E-state index contributed by atoms with van der Waals surface area (Å²) in [5.74, 6) is -13.2. The predicted molar refractivity (Wildman–Crippen MR) is 86.5 cm³/mol. The molecule has 1 unspecified atom stereocenters. The van der Waals surface area contributed by atoms with E-state index in [9.17, 15) is 35.9 Å². The Kier molecular flexibility index (Phi) is 6.62. The molecule has 0 saturated carbocycles. The SMILES string of the molecule is C[NH+](CC(=O)Nc1ccc(F)cc1)CC(=O)Nc1c(F)c(F)c(F)c(F)c1F. The number of anilines is 2. The molecule has 3 N–H and O–H groups in total. The van der Waals surface area contributed by atoms with Crippen LogP contribution in [-0.4, -0.2) is 32.0 Å². The number of nitrogens with one attached hydrogen (secondary N) is 3. The Morgan fingerprint density at radius 1 is 0.750 bits per heavy atom. The van der Waals surface area contributed by atoms with E-state index < -0.39 is 58.9 Å². The molecule has 0 bridgehead atoms. The van der Waals surface area contributed by atoms with Crippen LogP contribution >= 0.6 is 0 Å². The number of hydrogen-bond donors (Lipinski definition) is 3. The molecule has 28 heavy (non-hydrogen) atoms. The van der Waals surface area contributed by atoms with Crippen molar-refractivity contribution in [2.24, 2.45) is 0 Å². The van der Waals surface area contributed by atoms with Gasteiger partial charge in [0, 0.05) is 5.69 Å². The molecule has 2 aromatic rings. The summed E-state index contributed by atoms with van der Waals surface area (Å²) < 4.78 is 79.1. The van der Waals surface area contributed by atoms with Crippen molar-refractivity contribution in [2.45, 2.75) is 0 Å². The van der Waals surface area contributed by atoms with Gasteiger partial charge in [-0.05, 0) is 24.3 Å². The van der Waals surface area contributed by atoms with Gasteiger partial charge in [0.2, 0.25) is 5.82 Å². The van der Waals surface area contributed by atoms with E-state index in [0.29, 0.717) is 5.69 Å². The van der Waals surface area contributed by atoms with E-state index in [1.165, 1.54) is 19.2 Å². The molecule has 0 heterocycles. The lowest BCUT2D eigenvalue weighted by Gasteiger charge is -2.14. The number of carbonyl (C=O) groups is 2. The Hall–Kier alpha value is -3.08. The smallest absolute Gasteiger partial charge is 0.279 e. The summed E-state index contributed by atoms with van der Waals surface area (Å²) in [4.78, 5) is 24.0. The fourth-order valence-corrected chi connectivity index (χ4v) is 2.25. The molecule has 0 aliphatic rings. The summed E-state index contributed by atoms with van der Waals surface area (Å²) in [5, 5.41) is 4.06. The minimum atomic E-state index is -2.34. The lowest BCUT2D eigenvalue weighted by atomic mass is 10.2. The van der Waals surface area contributed by atoms with Gasteiger partial charge in [0.15, 0.2) is 36.4 Å². The Labute approximate surface area is 154 Å². The molecular formula is C17H14F6N3O2+. The van der Waals surface area contributed by atoms with Crippen LogP contribution in [0.3, 0.4) is 0 Å². The average Bonchev–Trinajstić information content (AvgIpc) is 2.63.